The third-order valence-corrected chi connectivity index (χ3v) is 9.73. The minimum atomic E-state index is -0.460. The molecule has 0 aromatic carbocycles. The van der Waals surface area contributed by atoms with Crippen molar-refractivity contribution in [1.29, 1.82) is 0 Å². The van der Waals surface area contributed by atoms with E-state index < -0.39 is 16.8 Å². The quantitative estimate of drug-likeness (QED) is 0.00873. The van der Waals surface area contributed by atoms with Crippen LogP contribution >= 0.6 is 0 Å². The first-order valence-corrected chi connectivity index (χ1v) is 34.7. The van der Waals surface area contributed by atoms with Crippen molar-refractivity contribution in [2.45, 2.75) is 98.4 Å². The molecule has 634 valence electrons. The van der Waals surface area contributed by atoms with Crippen LogP contribution in [0.15, 0.2) is 20.6 Å². The molecule has 0 aliphatic carbocycles. The molecule has 0 fully saturated rings. The number of nitrogens with zero attached hydrogens (tertiary/aromatic N) is 12. The summed E-state index contributed by atoms with van der Waals surface area (Å²) in [5.41, 5.74) is 35.7. The normalized spacial score (nSPS) is 10.6. The van der Waals surface area contributed by atoms with Gasteiger partial charge in [0, 0.05) is 45.8 Å². The zero-order valence-electron chi connectivity index (χ0n) is 64.9. The minimum Gasteiger partial charge on any atom is -0.460 e. The second kappa shape index (κ2) is 100. The molecular weight excluding hydrogens is 1430 g/mol. The van der Waals surface area contributed by atoms with Gasteiger partial charge in [-0.3, -0.25) is 14.4 Å². The first-order chi connectivity index (χ1) is 51.5. The molecule has 0 rings (SSSR count). The number of ether oxygens (including phenoxy) is 20. The molecule has 9 N–H and O–H groups in total. The number of rotatable bonds is 67. The van der Waals surface area contributed by atoms with Gasteiger partial charge >= 0.3 is 17.9 Å². The van der Waals surface area contributed by atoms with Crippen LogP contribution in [0.5, 0.6) is 0 Å². The molecule has 0 heterocycles. The number of aliphatic hydroxyl groups excluding tert-OH is 5. The average molecular weight is 1570 g/mol. The Bertz CT molecular complexity index is 1920. The Morgan fingerprint density at radius 3 is 0.682 bits per heavy atom. The second-order valence-corrected chi connectivity index (χ2v) is 22.6. The van der Waals surface area contributed by atoms with E-state index in [0.717, 1.165) is 0 Å². The third kappa shape index (κ3) is 140. The molecule has 44 heteroatoms. The number of hydrogen-bond donors (Lipinski definition) is 7. The number of carbonyl (C=O) groups is 3. The molecule has 0 saturated heterocycles. The lowest BCUT2D eigenvalue weighted by Gasteiger charge is -2.19. The molecular formula is C63H132N14O30. The Kier molecular flexibility index (Phi) is 108. The minimum absolute atomic E-state index is 0.0216. The van der Waals surface area contributed by atoms with E-state index >= 15 is 0 Å². The lowest BCUT2D eigenvalue weighted by molar-refractivity contribution is -0.157. The Hall–Kier alpha value is -5.55. The van der Waals surface area contributed by atoms with Gasteiger partial charge in [0.15, 0.2) is 0 Å². The van der Waals surface area contributed by atoms with E-state index in [4.69, 9.17) is 154 Å². The topological polar surface area (TPSA) is 603 Å². The maximum absolute atomic E-state index is 11.4. The molecule has 0 spiro atoms. The molecule has 0 atom stereocenters. The van der Waals surface area contributed by atoms with Gasteiger partial charge in [-0.2, -0.15) is 0 Å². The van der Waals surface area contributed by atoms with Crippen LogP contribution in [-0.2, 0) is 119 Å². The lowest BCUT2D eigenvalue weighted by atomic mass is 10.2. The standard InChI is InChI=1S/C13H25N3O5.C13H27NO5.C13H26O6.C6H12N6O3.C6H14N4O3.2C6H14O4/c1-13(2,3)21-12(17)4-6-18-8-10-20-11-9-19-7-5-15-16-14;2*1-13(2,3)19-12(15)4-6-16-8-10-18-11-9-17-7-5-14;7-10-9-1-2-13-3-4-14-5-6-15-12-11-8;7-10-9-1-2-11-3-4-12-5-6-13-8;2*7-1-3-9-5-6-10-4-2-8/h4-11H2,1-3H3;4-11,14H2,1-3H3;14H,4-11H2,1-3H3;1-6H2;1-6,8H2;2*7-8H,1-6H2. The Balaban J connectivity index is -0.000000221. The number of hydrogen-bond acceptors (Lipinski definition) is 36. The van der Waals surface area contributed by atoms with Crippen molar-refractivity contribution in [3.8, 4) is 0 Å². The van der Waals surface area contributed by atoms with Crippen molar-refractivity contribution in [1.82, 2.24) is 0 Å². The van der Waals surface area contributed by atoms with E-state index in [2.05, 4.69) is 49.9 Å². The summed E-state index contributed by atoms with van der Waals surface area (Å²) in [6.45, 7) is 33.3. The summed E-state index contributed by atoms with van der Waals surface area (Å²) in [6.07, 6.45) is 0.744. The highest BCUT2D eigenvalue weighted by molar-refractivity contribution is 5.70. The van der Waals surface area contributed by atoms with Crippen LogP contribution in [-0.4, -0.2) is 357 Å². The molecule has 107 heavy (non-hydrogen) atoms. The van der Waals surface area contributed by atoms with Crippen molar-refractivity contribution in [2.24, 2.45) is 32.3 Å². The molecule has 0 unspecified atom stereocenters. The predicted molar refractivity (Wildman–Crippen MR) is 387 cm³/mol. The van der Waals surface area contributed by atoms with Crippen LogP contribution in [0.3, 0.4) is 0 Å². The first-order valence-electron chi connectivity index (χ1n) is 34.7. The van der Waals surface area contributed by atoms with Gasteiger partial charge in [-0.1, -0.05) is 15.3 Å². The van der Waals surface area contributed by atoms with Crippen LogP contribution in [0.2, 0.25) is 0 Å². The number of nitrogens with two attached hydrogens (primary N) is 2. The number of azide groups is 4. The Morgan fingerprint density at radius 1 is 0.290 bits per heavy atom. The van der Waals surface area contributed by atoms with Crippen molar-refractivity contribution in [3.05, 3.63) is 41.8 Å². The van der Waals surface area contributed by atoms with Crippen molar-refractivity contribution in [3.63, 3.8) is 0 Å². The molecule has 0 saturated carbocycles. The van der Waals surface area contributed by atoms with Crippen LogP contribution in [0.1, 0.15) is 81.6 Å². The average Bonchev–Trinajstić information content (AvgIpc) is 0.974. The molecule has 44 nitrogen and oxygen atoms in total. The van der Waals surface area contributed by atoms with Crippen LogP contribution in [0, 0.1) is 0 Å². The highest BCUT2D eigenvalue weighted by atomic mass is 16.7. The van der Waals surface area contributed by atoms with Gasteiger partial charge in [-0.15, -0.1) is 0 Å². The monoisotopic (exact) mass is 1560 g/mol. The summed E-state index contributed by atoms with van der Waals surface area (Å²) in [7, 11) is 0. The predicted octanol–water partition coefficient (Wildman–Crippen LogP) is 3.37. The van der Waals surface area contributed by atoms with E-state index in [9.17, 15) is 14.4 Å². The lowest BCUT2D eigenvalue weighted by Crippen LogP contribution is -2.24. The van der Waals surface area contributed by atoms with E-state index in [1.54, 1.807) is 0 Å². The molecule has 0 aliphatic heterocycles. The van der Waals surface area contributed by atoms with Gasteiger partial charge in [-0.05, 0) is 84.4 Å². The second-order valence-electron chi connectivity index (χ2n) is 22.6. The molecule has 0 radical (unpaired) electrons. The third-order valence-electron chi connectivity index (χ3n) is 9.73. The van der Waals surface area contributed by atoms with Crippen molar-refractivity contribution >= 4 is 17.9 Å². The zero-order valence-corrected chi connectivity index (χ0v) is 64.9. The molecule has 0 bridgehead atoms. The molecule has 0 amide bonds. The fourth-order valence-corrected chi connectivity index (χ4v) is 5.68. The van der Waals surface area contributed by atoms with Gasteiger partial charge in [0.05, 0.1) is 284 Å². The Morgan fingerprint density at radius 2 is 0.486 bits per heavy atom. The maximum atomic E-state index is 11.4. The Labute approximate surface area is 629 Å². The van der Waals surface area contributed by atoms with E-state index in [1.165, 1.54) is 0 Å². The van der Waals surface area contributed by atoms with E-state index in [-0.39, 0.29) is 76.8 Å². The smallest absolute Gasteiger partial charge is 0.308 e. The number of aliphatic hydroxyl groups is 5. The van der Waals surface area contributed by atoms with Crippen LogP contribution in [0.4, 0.5) is 0 Å². The van der Waals surface area contributed by atoms with E-state index in [1.807, 2.05) is 62.3 Å². The van der Waals surface area contributed by atoms with Crippen LogP contribution < -0.4 is 11.6 Å². The van der Waals surface area contributed by atoms with Crippen molar-refractivity contribution in [2.75, 3.05) is 297 Å². The summed E-state index contributed by atoms with van der Waals surface area (Å²) < 4.78 is 102. The SMILES string of the molecule is CC(C)(C)OC(=O)CCOCCOCCOCCN.CC(C)(C)OC(=O)CCOCCOCCOCCN=[N+]=[N-].CC(C)(C)OC(=O)CCOCCOCCOCCO.OCCOCCOCCO.OCCOCCOCCO.[N-]=[N+]=NCCOCCOCCON.[N-]=[N+]=NCCOCCOCCON=[N+]=[N-]. The first kappa shape index (κ1) is 115. The highest BCUT2D eigenvalue weighted by Gasteiger charge is 2.18. The summed E-state index contributed by atoms with van der Waals surface area (Å²) in [4.78, 5) is 52.9. The van der Waals surface area contributed by atoms with Gasteiger partial charge in [0.2, 0.25) is 0 Å². The maximum Gasteiger partial charge on any atom is 0.308 e. The fraction of sp³-hybridized carbons (Fsp3) is 0.952. The largest absolute Gasteiger partial charge is 0.460 e. The van der Waals surface area contributed by atoms with Gasteiger partial charge in [0.1, 0.15) is 28.7 Å². The summed E-state index contributed by atoms with van der Waals surface area (Å²) >= 11 is 0. The zero-order chi connectivity index (χ0) is 81.4. The van der Waals surface area contributed by atoms with Crippen molar-refractivity contribution < 1.29 is 144 Å². The van der Waals surface area contributed by atoms with Gasteiger partial charge in [-0.25, -0.2) is 5.90 Å². The number of esters is 3. The molecule has 0 aromatic rings. The fourth-order valence-electron chi connectivity index (χ4n) is 5.68. The van der Waals surface area contributed by atoms with Crippen LogP contribution in [0.25, 0.3) is 41.8 Å². The molecule has 0 aliphatic rings. The van der Waals surface area contributed by atoms with Gasteiger partial charge in [0.25, 0.3) is 0 Å². The summed E-state index contributed by atoms with van der Waals surface area (Å²) in [6, 6.07) is 0. The summed E-state index contributed by atoms with van der Waals surface area (Å²) in [5.74, 6) is 3.99. The van der Waals surface area contributed by atoms with Gasteiger partial charge < -0.3 is 136 Å². The summed E-state index contributed by atoms with van der Waals surface area (Å²) in [5, 5.41) is 54.3. The molecule has 0 aromatic heterocycles. The highest BCUT2D eigenvalue weighted by Crippen LogP contribution is 2.10. The number of carbonyl (C=O) groups excluding carboxylic acids is 3. The van der Waals surface area contributed by atoms with E-state index in [0.29, 0.717) is 257 Å².